The second kappa shape index (κ2) is 8.24. The molecule has 1 atom stereocenters. The van der Waals surface area contributed by atoms with Gasteiger partial charge in [0.2, 0.25) is 0 Å². The van der Waals surface area contributed by atoms with Gasteiger partial charge in [0.1, 0.15) is 0 Å². The molecule has 6 heteroatoms. The Kier molecular flexibility index (Phi) is 6.98. The molecule has 0 radical (unpaired) electrons. The minimum absolute atomic E-state index is 0.0492. The molecule has 1 unspecified atom stereocenters. The van der Waals surface area contributed by atoms with Crippen molar-refractivity contribution in [2.45, 2.75) is 30.7 Å². The highest BCUT2D eigenvalue weighted by molar-refractivity contribution is 7.91. The largest absolute Gasteiger partial charge is 0.384 e. The Hall–Kier alpha value is -1.11. The first-order valence-electron chi connectivity index (χ1n) is 6.81. The van der Waals surface area contributed by atoms with E-state index in [1.165, 1.54) is 0 Å². The van der Waals surface area contributed by atoms with Crippen molar-refractivity contribution in [1.82, 2.24) is 0 Å². The van der Waals surface area contributed by atoms with Gasteiger partial charge in [-0.3, -0.25) is 0 Å². The van der Waals surface area contributed by atoms with Gasteiger partial charge in [0.15, 0.2) is 9.84 Å². The van der Waals surface area contributed by atoms with Crippen LogP contribution >= 0.6 is 0 Å². The van der Waals surface area contributed by atoms with Crippen molar-refractivity contribution in [2.24, 2.45) is 5.73 Å². The maximum Gasteiger partial charge on any atom is 0.180 e. The quantitative estimate of drug-likeness (QED) is 0.724. The molecule has 0 aliphatic carbocycles. The van der Waals surface area contributed by atoms with E-state index in [1.54, 1.807) is 25.3 Å². The van der Waals surface area contributed by atoms with E-state index in [4.69, 9.17) is 10.5 Å². The molecular formula is C14H24N2O3S. The van der Waals surface area contributed by atoms with Crippen LogP contribution in [0.25, 0.3) is 0 Å². The number of hydrogen-bond acceptors (Lipinski definition) is 5. The summed E-state index contributed by atoms with van der Waals surface area (Å²) in [5.74, 6) is 0.162. The van der Waals surface area contributed by atoms with Crippen LogP contribution in [0, 0.1) is 0 Å². The van der Waals surface area contributed by atoms with Gasteiger partial charge >= 0.3 is 0 Å². The second-order valence-electron chi connectivity index (χ2n) is 4.75. The third kappa shape index (κ3) is 5.11. The van der Waals surface area contributed by atoms with Crippen molar-refractivity contribution >= 4 is 15.5 Å². The summed E-state index contributed by atoms with van der Waals surface area (Å²) in [4.78, 5) is 0.363. The van der Waals surface area contributed by atoms with Gasteiger partial charge in [-0.15, -0.1) is 0 Å². The molecule has 0 heterocycles. The van der Waals surface area contributed by atoms with Crippen LogP contribution in [0.3, 0.4) is 0 Å². The van der Waals surface area contributed by atoms with Crippen molar-refractivity contribution in [3.05, 3.63) is 24.3 Å². The fourth-order valence-corrected chi connectivity index (χ4v) is 3.47. The molecule has 0 saturated carbocycles. The number of anilines is 1. The zero-order valence-electron chi connectivity index (χ0n) is 12.1. The summed E-state index contributed by atoms with van der Waals surface area (Å²) in [6, 6.07) is 6.94. The number of rotatable bonds is 9. The molecule has 0 fully saturated rings. The third-order valence-corrected chi connectivity index (χ3v) is 4.88. The van der Waals surface area contributed by atoms with Gasteiger partial charge in [0.25, 0.3) is 0 Å². The van der Waals surface area contributed by atoms with E-state index in [9.17, 15) is 8.42 Å². The molecule has 0 spiro atoms. The Bertz CT molecular complexity index is 503. The van der Waals surface area contributed by atoms with Gasteiger partial charge < -0.3 is 15.8 Å². The zero-order chi connectivity index (χ0) is 15.0. The lowest BCUT2D eigenvalue weighted by Crippen LogP contribution is -2.28. The Morgan fingerprint density at radius 2 is 2.05 bits per heavy atom. The number of nitrogens with one attached hydrogen (secondary N) is 1. The van der Waals surface area contributed by atoms with Crippen LogP contribution in [0.4, 0.5) is 5.69 Å². The normalized spacial score (nSPS) is 13.2. The molecule has 3 N–H and O–H groups in total. The first-order chi connectivity index (χ1) is 9.51. The highest BCUT2D eigenvalue weighted by Gasteiger charge is 2.17. The van der Waals surface area contributed by atoms with Gasteiger partial charge in [-0.2, -0.15) is 0 Å². The molecule has 0 aliphatic rings. The Morgan fingerprint density at radius 1 is 1.35 bits per heavy atom. The number of methoxy groups -OCH3 is 1. The average Bonchev–Trinajstić information content (AvgIpc) is 2.39. The number of hydrogen-bond donors (Lipinski definition) is 2. The smallest absolute Gasteiger partial charge is 0.180 e. The first kappa shape index (κ1) is 16.9. The van der Waals surface area contributed by atoms with Gasteiger partial charge in [0, 0.05) is 19.7 Å². The van der Waals surface area contributed by atoms with E-state index in [2.05, 4.69) is 5.32 Å². The number of para-hydroxylation sites is 1. The summed E-state index contributed by atoms with van der Waals surface area (Å²) in [5.41, 5.74) is 6.48. The van der Waals surface area contributed by atoms with E-state index in [0.717, 1.165) is 6.42 Å². The third-order valence-electron chi connectivity index (χ3n) is 2.91. The molecule has 0 saturated heterocycles. The minimum Gasteiger partial charge on any atom is -0.384 e. The molecular weight excluding hydrogens is 276 g/mol. The molecule has 0 aromatic heterocycles. The van der Waals surface area contributed by atoms with Gasteiger partial charge in [0.05, 0.1) is 22.9 Å². The average molecular weight is 300 g/mol. The van der Waals surface area contributed by atoms with Gasteiger partial charge in [-0.05, 0) is 25.0 Å². The van der Waals surface area contributed by atoms with Crippen molar-refractivity contribution in [3.8, 4) is 0 Å². The predicted molar refractivity (Wildman–Crippen MR) is 81.7 cm³/mol. The van der Waals surface area contributed by atoms with Crippen LogP contribution in [0.5, 0.6) is 0 Å². The van der Waals surface area contributed by atoms with Crippen molar-refractivity contribution in [1.29, 1.82) is 0 Å². The lowest BCUT2D eigenvalue weighted by Gasteiger charge is -2.14. The molecule has 1 rings (SSSR count). The topological polar surface area (TPSA) is 81.4 Å². The van der Waals surface area contributed by atoms with E-state index >= 15 is 0 Å². The number of benzene rings is 1. The molecule has 0 amide bonds. The fraction of sp³-hybridized carbons (Fsp3) is 0.571. The summed E-state index contributed by atoms with van der Waals surface area (Å²) < 4.78 is 29.3. The summed E-state index contributed by atoms with van der Waals surface area (Å²) in [5, 5.41) is 3.15. The molecule has 114 valence electrons. The SMILES string of the molecule is CCCS(=O)(=O)c1ccccc1NCCC(N)COC. The lowest BCUT2D eigenvalue weighted by molar-refractivity contribution is 0.178. The van der Waals surface area contributed by atoms with Crippen LogP contribution < -0.4 is 11.1 Å². The van der Waals surface area contributed by atoms with Crippen LogP contribution in [0.2, 0.25) is 0 Å². The molecule has 5 nitrogen and oxygen atoms in total. The van der Waals surface area contributed by atoms with E-state index < -0.39 is 9.84 Å². The Labute approximate surface area is 121 Å². The fourth-order valence-electron chi connectivity index (χ4n) is 1.95. The summed E-state index contributed by atoms with van der Waals surface area (Å²) in [6.45, 7) is 2.97. The summed E-state index contributed by atoms with van der Waals surface area (Å²) in [7, 11) is -1.61. The Morgan fingerprint density at radius 3 is 2.70 bits per heavy atom. The monoisotopic (exact) mass is 300 g/mol. The highest BCUT2D eigenvalue weighted by Crippen LogP contribution is 2.22. The Balaban J connectivity index is 2.72. The standard InChI is InChI=1S/C14H24N2O3S/c1-3-10-20(17,18)14-7-5-4-6-13(14)16-9-8-12(15)11-19-2/h4-7,12,16H,3,8-11,15H2,1-2H3. The maximum absolute atomic E-state index is 12.2. The van der Waals surface area contributed by atoms with Crippen molar-refractivity contribution in [3.63, 3.8) is 0 Å². The molecule has 1 aromatic carbocycles. The number of nitrogens with two attached hydrogens (primary N) is 1. The van der Waals surface area contributed by atoms with Crippen LogP contribution in [0.15, 0.2) is 29.2 Å². The predicted octanol–water partition coefficient (Wildman–Crippen LogP) is 1.65. The minimum atomic E-state index is -3.22. The van der Waals surface area contributed by atoms with E-state index in [1.807, 2.05) is 13.0 Å². The van der Waals surface area contributed by atoms with Gasteiger partial charge in [-0.25, -0.2) is 8.42 Å². The second-order valence-corrected chi connectivity index (χ2v) is 6.82. The van der Waals surface area contributed by atoms with E-state index in [0.29, 0.717) is 30.2 Å². The first-order valence-corrected chi connectivity index (χ1v) is 8.46. The maximum atomic E-state index is 12.2. The molecule has 0 bridgehead atoms. The van der Waals surface area contributed by atoms with Crippen molar-refractivity contribution < 1.29 is 13.2 Å². The summed E-state index contributed by atoms with van der Waals surface area (Å²) >= 11 is 0. The lowest BCUT2D eigenvalue weighted by atomic mass is 10.2. The summed E-state index contributed by atoms with van der Waals surface area (Å²) in [6.07, 6.45) is 1.32. The van der Waals surface area contributed by atoms with Crippen LogP contribution in [-0.2, 0) is 14.6 Å². The molecule has 20 heavy (non-hydrogen) atoms. The number of ether oxygens (including phenoxy) is 1. The zero-order valence-corrected chi connectivity index (χ0v) is 12.9. The number of sulfone groups is 1. The molecule has 1 aromatic rings. The molecule has 0 aliphatic heterocycles. The van der Waals surface area contributed by atoms with Crippen LogP contribution in [-0.4, -0.2) is 40.5 Å². The highest BCUT2D eigenvalue weighted by atomic mass is 32.2. The van der Waals surface area contributed by atoms with Crippen LogP contribution in [0.1, 0.15) is 19.8 Å². The van der Waals surface area contributed by atoms with Crippen molar-refractivity contribution in [2.75, 3.05) is 31.3 Å². The van der Waals surface area contributed by atoms with Gasteiger partial charge in [-0.1, -0.05) is 19.1 Å². The van der Waals surface area contributed by atoms with E-state index in [-0.39, 0.29) is 11.8 Å².